The van der Waals surface area contributed by atoms with Crippen LogP contribution < -0.4 is 15.6 Å². The number of benzene rings is 1. The second-order valence-electron chi connectivity index (χ2n) is 5.45. The fourth-order valence-electron chi connectivity index (χ4n) is 2.18. The molecule has 0 saturated heterocycles. The van der Waals surface area contributed by atoms with Crippen molar-refractivity contribution in [2.45, 2.75) is 25.7 Å². The minimum atomic E-state index is -4.97. The molecule has 1 atom stereocenters. The van der Waals surface area contributed by atoms with Crippen molar-refractivity contribution in [3.8, 4) is 5.75 Å². The van der Waals surface area contributed by atoms with Gasteiger partial charge in [-0.15, -0.1) is 0 Å². The van der Waals surface area contributed by atoms with Gasteiger partial charge in [-0.1, -0.05) is 12.1 Å². The highest BCUT2D eigenvalue weighted by molar-refractivity contribution is 5.77. The van der Waals surface area contributed by atoms with Gasteiger partial charge in [-0.05, 0) is 24.6 Å². The summed E-state index contributed by atoms with van der Waals surface area (Å²) in [5.41, 5.74) is -2.98. The van der Waals surface area contributed by atoms with Crippen LogP contribution in [0.2, 0.25) is 0 Å². The van der Waals surface area contributed by atoms with Crippen LogP contribution in [0.15, 0.2) is 35.3 Å². The molecule has 0 amide bonds. The number of aliphatic carboxylic acids is 1. The van der Waals surface area contributed by atoms with Gasteiger partial charge < -0.3 is 15.2 Å². The first-order valence-electron chi connectivity index (χ1n) is 7.43. The lowest BCUT2D eigenvalue weighted by molar-refractivity contribution is -0.140. The lowest BCUT2D eigenvalue weighted by atomic mass is 10.2. The van der Waals surface area contributed by atoms with Crippen molar-refractivity contribution in [2.24, 2.45) is 0 Å². The Kier molecular flexibility index (Phi) is 5.53. The third-order valence-electron chi connectivity index (χ3n) is 3.56. The maximum Gasteiger partial charge on any atom is 0.423 e. The topological polar surface area (TPSA) is 93.4 Å². The largest absolute Gasteiger partial charge is 0.497 e. The Labute approximate surface area is 146 Å². The minimum absolute atomic E-state index is 0.180. The van der Waals surface area contributed by atoms with E-state index in [-0.39, 0.29) is 6.54 Å². The molecule has 2 rings (SSSR count). The smallest absolute Gasteiger partial charge is 0.423 e. The summed E-state index contributed by atoms with van der Waals surface area (Å²) in [6.45, 7) is 0.978. The number of hydrogen-bond acceptors (Lipinski definition) is 5. The second-order valence-corrected chi connectivity index (χ2v) is 5.45. The molecular weight excluding hydrogens is 355 g/mol. The van der Waals surface area contributed by atoms with Crippen LogP contribution in [-0.4, -0.2) is 34.0 Å². The molecular formula is C16H16F3N3O4. The standard InChI is InChI=1S/C16H16F3N3O4/c1-9(15(24)25)21-12-7-20-22(14(23)13(12)16(17,18)19)8-10-3-5-11(26-2)6-4-10/h3-7,9,21H,8H2,1-2H3,(H,24,25). The van der Waals surface area contributed by atoms with Gasteiger partial charge in [0.2, 0.25) is 0 Å². The predicted molar refractivity (Wildman–Crippen MR) is 86.3 cm³/mol. The van der Waals surface area contributed by atoms with Crippen LogP contribution in [0.5, 0.6) is 5.75 Å². The van der Waals surface area contributed by atoms with Crippen LogP contribution in [0.4, 0.5) is 18.9 Å². The van der Waals surface area contributed by atoms with Crippen molar-refractivity contribution in [3.05, 3.63) is 51.9 Å². The fourth-order valence-corrected chi connectivity index (χ4v) is 2.18. The fraction of sp³-hybridized carbons (Fsp3) is 0.312. The number of carboxylic acid groups (broad SMARTS) is 1. The molecule has 1 unspecified atom stereocenters. The SMILES string of the molecule is COc1ccc(Cn2ncc(NC(C)C(=O)O)c(C(F)(F)F)c2=O)cc1. The molecule has 0 aliphatic rings. The third-order valence-corrected chi connectivity index (χ3v) is 3.56. The Morgan fingerprint density at radius 3 is 2.46 bits per heavy atom. The number of rotatable bonds is 6. The molecule has 26 heavy (non-hydrogen) atoms. The average molecular weight is 371 g/mol. The molecule has 140 valence electrons. The number of alkyl halides is 3. The van der Waals surface area contributed by atoms with E-state index in [1.807, 2.05) is 0 Å². The van der Waals surface area contributed by atoms with E-state index in [0.717, 1.165) is 13.1 Å². The van der Waals surface area contributed by atoms with Crippen LogP contribution in [-0.2, 0) is 17.5 Å². The van der Waals surface area contributed by atoms with E-state index in [0.29, 0.717) is 16.0 Å². The van der Waals surface area contributed by atoms with Gasteiger partial charge in [0.25, 0.3) is 5.56 Å². The number of methoxy groups -OCH3 is 1. The van der Waals surface area contributed by atoms with Gasteiger partial charge in [-0.3, -0.25) is 9.59 Å². The van der Waals surface area contributed by atoms with Crippen LogP contribution in [0.25, 0.3) is 0 Å². The summed E-state index contributed by atoms with van der Waals surface area (Å²) in [6, 6.07) is 5.08. The molecule has 0 fully saturated rings. The van der Waals surface area contributed by atoms with Gasteiger partial charge in [0, 0.05) is 0 Å². The van der Waals surface area contributed by atoms with Crippen molar-refractivity contribution >= 4 is 11.7 Å². The molecule has 1 aromatic carbocycles. The van der Waals surface area contributed by atoms with Gasteiger partial charge in [-0.2, -0.15) is 18.3 Å². The third kappa shape index (κ3) is 4.32. The van der Waals surface area contributed by atoms with E-state index >= 15 is 0 Å². The van der Waals surface area contributed by atoms with E-state index in [9.17, 15) is 22.8 Å². The summed E-state index contributed by atoms with van der Waals surface area (Å²) in [7, 11) is 1.47. The number of hydrogen-bond donors (Lipinski definition) is 2. The van der Waals surface area contributed by atoms with Crippen molar-refractivity contribution in [1.29, 1.82) is 0 Å². The molecule has 1 heterocycles. The summed E-state index contributed by atoms with van der Waals surface area (Å²) in [4.78, 5) is 23.1. The zero-order valence-electron chi connectivity index (χ0n) is 13.9. The Balaban J connectivity index is 2.42. The zero-order valence-corrected chi connectivity index (χ0v) is 13.9. The molecule has 1 aromatic heterocycles. The van der Waals surface area contributed by atoms with Crippen LogP contribution in [0, 0.1) is 0 Å². The second kappa shape index (κ2) is 7.46. The Morgan fingerprint density at radius 1 is 1.35 bits per heavy atom. The van der Waals surface area contributed by atoms with E-state index < -0.39 is 35.0 Å². The molecule has 10 heteroatoms. The van der Waals surface area contributed by atoms with Crippen molar-refractivity contribution in [3.63, 3.8) is 0 Å². The summed E-state index contributed by atoms with van der Waals surface area (Å²) >= 11 is 0. The molecule has 0 aliphatic carbocycles. The van der Waals surface area contributed by atoms with Crippen molar-refractivity contribution in [2.75, 3.05) is 12.4 Å². The number of halogens is 3. The number of anilines is 1. The van der Waals surface area contributed by atoms with Crippen LogP contribution in [0.3, 0.4) is 0 Å². The Morgan fingerprint density at radius 2 is 1.96 bits per heavy atom. The lowest BCUT2D eigenvalue weighted by Crippen LogP contribution is -2.34. The van der Waals surface area contributed by atoms with Gasteiger partial charge in [-0.25, -0.2) is 4.68 Å². The molecule has 0 spiro atoms. The number of carboxylic acids is 1. The van der Waals surface area contributed by atoms with E-state index in [2.05, 4.69) is 10.4 Å². The molecule has 2 N–H and O–H groups in total. The number of aromatic nitrogens is 2. The van der Waals surface area contributed by atoms with Gasteiger partial charge in [0.05, 0.1) is 25.5 Å². The highest BCUT2D eigenvalue weighted by Gasteiger charge is 2.38. The summed E-state index contributed by atoms with van der Waals surface area (Å²) < 4.78 is 45.7. The lowest BCUT2D eigenvalue weighted by Gasteiger charge is -2.17. The molecule has 7 nitrogen and oxygen atoms in total. The van der Waals surface area contributed by atoms with Gasteiger partial charge in [0.15, 0.2) is 0 Å². The number of nitrogens with one attached hydrogen (secondary N) is 1. The number of ether oxygens (including phenoxy) is 1. The first-order chi connectivity index (χ1) is 12.1. The first kappa shape index (κ1) is 19.3. The number of carbonyl (C=O) groups is 1. The highest BCUT2D eigenvalue weighted by atomic mass is 19.4. The summed E-state index contributed by atoms with van der Waals surface area (Å²) in [6.07, 6.45) is -4.17. The van der Waals surface area contributed by atoms with Gasteiger partial charge >= 0.3 is 12.1 Å². The minimum Gasteiger partial charge on any atom is -0.497 e. The van der Waals surface area contributed by atoms with E-state index in [1.54, 1.807) is 24.3 Å². The molecule has 2 aromatic rings. The number of nitrogens with zero attached hydrogens (tertiary/aromatic N) is 2. The predicted octanol–water partition coefficient (Wildman–Crippen LogP) is 2.20. The maximum atomic E-state index is 13.3. The Bertz CT molecular complexity index is 847. The molecule has 0 bridgehead atoms. The average Bonchev–Trinajstić information content (AvgIpc) is 2.56. The van der Waals surface area contributed by atoms with Crippen LogP contribution >= 0.6 is 0 Å². The Hall–Kier alpha value is -3.04. The van der Waals surface area contributed by atoms with Gasteiger partial charge in [0.1, 0.15) is 17.4 Å². The van der Waals surface area contributed by atoms with E-state index in [4.69, 9.17) is 9.84 Å². The van der Waals surface area contributed by atoms with E-state index in [1.165, 1.54) is 7.11 Å². The van der Waals surface area contributed by atoms with Crippen molar-refractivity contribution < 1.29 is 27.8 Å². The van der Waals surface area contributed by atoms with Crippen molar-refractivity contribution in [1.82, 2.24) is 9.78 Å². The highest BCUT2D eigenvalue weighted by Crippen LogP contribution is 2.32. The summed E-state index contributed by atoms with van der Waals surface area (Å²) in [5, 5.41) is 14.7. The quantitative estimate of drug-likeness (QED) is 0.809. The zero-order chi connectivity index (χ0) is 19.5. The normalized spacial score (nSPS) is 12.5. The monoisotopic (exact) mass is 371 g/mol. The molecule has 0 radical (unpaired) electrons. The summed E-state index contributed by atoms with van der Waals surface area (Å²) in [5.74, 6) is -0.798. The maximum absolute atomic E-state index is 13.3. The molecule has 0 saturated carbocycles. The molecule has 0 aliphatic heterocycles. The van der Waals surface area contributed by atoms with Crippen LogP contribution in [0.1, 0.15) is 18.1 Å². The first-order valence-corrected chi connectivity index (χ1v) is 7.43.